The van der Waals surface area contributed by atoms with E-state index >= 15 is 0 Å². The predicted molar refractivity (Wildman–Crippen MR) is 147 cm³/mol. The predicted octanol–water partition coefficient (Wildman–Crippen LogP) is 5.50. The van der Waals surface area contributed by atoms with E-state index in [4.69, 9.17) is 0 Å². The molecule has 1 aromatic heterocycles. The molecule has 2 aromatic carbocycles. The molecule has 1 heterocycles. The van der Waals surface area contributed by atoms with Gasteiger partial charge in [0.25, 0.3) is 0 Å². The van der Waals surface area contributed by atoms with Crippen LogP contribution in [0.5, 0.6) is 0 Å². The van der Waals surface area contributed by atoms with Crippen molar-refractivity contribution in [2.45, 2.75) is 92.1 Å². The van der Waals surface area contributed by atoms with Gasteiger partial charge in [0, 0.05) is 23.4 Å². The molecule has 0 saturated heterocycles. The molecule has 1 unspecified atom stereocenters. The molecule has 5 nitrogen and oxygen atoms in total. The van der Waals surface area contributed by atoms with Crippen molar-refractivity contribution in [2.24, 2.45) is 5.41 Å². The number of aromatic nitrogens is 2. The van der Waals surface area contributed by atoms with E-state index in [9.17, 15) is 15.0 Å². The Morgan fingerprint density at radius 1 is 0.973 bits per heavy atom. The average Bonchev–Trinajstić information content (AvgIpc) is 2.83. The zero-order valence-corrected chi connectivity index (χ0v) is 23.4. The minimum Gasteiger partial charge on any atom is -0.550 e. The molecule has 3 aromatic rings. The lowest BCUT2D eigenvalue weighted by Gasteiger charge is -2.34. The highest BCUT2D eigenvalue weighted by Crippen LogP contribution is 2.41. The molecule has 3 rings (SSSR count). The van der Waals surface area contributed by atoms with Gasteiger partial charge in [0.2, 0.25) is 0 Å². The van der Waals surface area contributed by atoms with Gasteiger partial charge in [-0.25, -0.2) is 0 Å². The van der Waals surface area contributed by atoms with Crippen LogP contribution in [0.15, 0.2) is 48.7 Å². The minimum atomic E-state index is -1.13. The Bertz CT molecular complexity index is 1240. The van der Waals surface area contributed by atoms with Gasteiger partial charge in [0.1, 0.15) is 0 Å². The first-order valence-electron chi connectivity index (χ1n) is 13.3. The fourth-order valence-electron chi connectivity index (χ4n) is 5.28. The highest BCUT2D eigenvalue weighted by atomic mass is 16.4. The average molecular weight is 502 g/mol. The van der Waals surface area contributed by atoms with E-state index in [1.165, 1.54) is 28.5 Å². The Hall–Kier alpha value is -3.05. The van der Waals surface area contributed by atoms with Gasteiger partial charge in [0.15, 0.2) is 0 Å². The van der Waals surface area contributed by atoms with Crippen molar-refractivity contribution < 1.29 is 15.0 Å². The molecule has 0 aliphatic carbocycles. The van der Waals surface area contributed by atoms with Gasteiger partial charge < -0.3 is 15.0 Å². The summed E-state index contributed by atoms with van der Waals surface area (Å²) < 4.78 is 0. The normalized spacial score (nSPS) is 13.0. The summed E-state index contributed by atoms with van der Waals surface area (Å²) in [5.41, 5.74) is 8.14. The summed E-state index contributed by atoms with van der Waals surface area (Å²) in [6, 6.07) is 15.1. The molecule has 5 heteroatoms. The molecule has 0 bridgehead atoms. The van der Waals surface area contributed by atoms with E-state index < -0.39 is 5.97 Å². The smallest absolute Gasteiger partial charge is 0.0935 e. The number of nitrogens with zero attached hydrogens (tertiary/aromatic N) is 2. The first-order valence-corrected chi connectivity index (χ1v) is 13.3. The first kappa shape index (κ1) is 28.5. The van der Waals surface area contributed by atoms with Crippen LogP contribution in [0.3, 0.4) is 0 Å². The van der Waals surface area contributed by atoms with Crippen LogP contribution >= 0.6 is 0 Å². The molecule has 0 amide bonds. The summed E-state index contributed by atoms with van der Waals surface area (Å²) in [5.74, 6) is -1.13. The fraction of sp³-hybridized carbons (Fsp3) is 0.469. The SMILES string of the molecule is CCC(CC)(c1ccc(CCC(O)C(C)(C)C)c(C)c1)c1ccc(-c2cc(CC(=O)[O-])cnn2)c(C)c1. The number of benzene rings is 2. The molecule has 0 aliphatic heterocycles. The Morgan fingerprint density at radius 2 is 1.59 bits per heavy atom. The third kappa shape index (κ3) is 6.45. The Morgan fingerprint density at radius 3 is 2.14 bits per heavy atom. The molecule has 0 spiro atoms. The second kappa shape index (κ2) is 11.6. The van der Waals surface area contributed by atoms with Crippen LogP contribution in [-0.2, 0) is 23.1 Å². The molecular weight excluding hydrogens is 460 g/mol. The summed E-state index contributed by atoms with van der Waals surface area (Å²) >= 11 is 0. The van der Waals surface area contributed by atoms with E-state index in [0.29, 0.717) is 11.3 Å². The highest BCUT2D eigenvalue weighted by Gasteiger charge is 2.31. The molecule has 1 atom stereocenters. The number of carboxylic acids is 1. The molecule has 0 radical (unpaired) electrons. The van der Waals surface area contributed by atoms with Gasteiger partial charge in [-0.3, -0.25) is 0 Å². The quantitative estimate of drug-likeness (QED) is 0.396. The summed E-state index contributed by atoms with van der Waals surface area (Å²) in [6.45, 7) is 15.0. The van der Waals surface area contributed by atoms with E-state index in [2.05, 4.69) is 95.1 Å². The van der Waals surface area contributed by atoms with Gasteiger partial charge in [-0.1, -0.05) is 71.0 Å². The van der Waals surface area contributed by atoms with Crippen LogP contribution < -0.4 is 5.11 Å². The molecule has 37 heavy (non-hydrogen) atoms. The Balaban J connectivity index is 1.94. The first-order chi connectivity index (χ1) is 17.4. The van der Waals surface area contributed by atoms with Crippen LogP contribution in [0.1, 0.15) is 87.3 Å². The molecular formula is C32H41N2O3-. The summed E-state index contributed by atoms with van der Waals surface area (Å²) in [4.78, 5) is 11.0. The van der Waals surface area contributed by atoms with E-state index in [0.717, 1.165) is 36.8 Å². The lowest BCUT2D eigenvalue weighted by atomic mass is 9.69. The third-order valence-corrected chi connectivity index (χ3v) is 7.90. The standard InChI is InChI=1S/C32H42N2O3/c1-8-32(9-2,25-12-10-24(21(3)16-25)11-15-29(35)31(5,6)7)26-13-14-27(22(4)17-26)28-18-23(19-30(36)37)20-33-34-28/h10,12-14,16-18,20,29,35H,8-9,11,15,19H2,1-7H3,(H,36,37)/p-1. The second-order valence-electron chi connectivity index (χ2n) is 11.4. The fourth-order valence-corrected chi connectivity index (χ4v) is 5.28. The minimum absolute atomic E-state index is 0.113. The van der Waals surface area contributed by atoms with Gasteiger partial charge in [-0.15, -0.1) is 0 Å². The number of carbonyl (C=O) groups is 1. The lowest BCUT2D eigenvalue weighted by molar-refractivity contribution is -0.304. The number of aryl methyl sites for hydroxylation is 3. The Kier molecular flexibility index (Phi) is 8.91. The van der Waals surface area contributed by atoms with Crippen molar-refractivity contribution >= 4 is 5.97 Å². The molecule has 0 fully saturated rings. The van der Waals surface area contributed by atoms with Crippen molar-refractivity contribution in [3.05, 3.63) is 82.0 Å². The molecule has 1 N–H and O–H groups in total. The van der Waals surface area contributed by atoms with E-state index in [-0.39, 0.29) is 23.4 Å². The number of aliphatic carboxylic acids is 1. The largest absolute Gasteiger partial charge is 0.550 e. The molecule has 0 saturated carbocycles. The van der Waals surface area contributed by atoms with Crippen molar-refractivity contribution in [1.82, 2.24) is 10.2 Å². The number of hydrogen-bond acceptors (Lipinski definition) is 5. The van der Waals surface area contributed by atoms with Crippen LogP contribution in [0.2, 0.25) is 0 Å². The van der Waals surface area contributed by atoms with Gasteiger partial charge in [-0.2, -0.15) is 10.2 Å². The maximum absolute atomic E-state index is 11.0. The number of aliphatic hydroxyl groups is 1. The maximum Gasteiger partial charge on any atom is 0.0935 e. The topological polar surface area (TPSA) is 86.1 Å². The number of rotatable bonds is 10. The molecule has 198 valence electrons. The van der Waals surface area contributed by atoms with Gasteiger partial charge >= 0.3 is 0 Å². The van der Waals surface area contributed by atoms with Crippen LogP contribution in [0, 0.1) is 19.3 Å². The monoisotopic (exact) mass is 501 g/mol. The number of carbonyl (C=O) groups excluding carboxylic acids is 1. The van der Waals surface area contributed by atoms with Gasteiger partial charge in [-0.05, 0) is 84.4 Å². The molecule has 0 aliphatic rings. The van der Waals surface area contributed by atoms with Crippen LogP contribution in [0.4, 0.5) is 0 Å². The van der Waals surface area contributed by atoms with Crippen molar-refractivity contribution in [2.75, 3.05) is 0 Å². The van der Waals surface area contributed by atoms with Crippen molar-refractivity contribution in [1.29, 1.82) is 0 Å². The third-order valence-electron chi connectivity index (χ3n) is 7.90. The van der Waals surface area contributed by atoms with Gasteiger partial charge in [0.05, 0.1) is 18.0 Å². The number of aliphatic hydroxyl groups excluding tert-OH is 1. The van der Waals surface area contributed by atoms with E-state index in [1.807, 2.05) is 0 Å². The summed E-state index contributed by atoms with van der Waals surface area (Å²) in [5, 5.41) is 29.8. The Labute approximate surface area is 222 Å². The maximum atomic E-state index is 11.0. The zero-order valence-electron chi connectivity index (χ0n) is 23.4. The highest BCUT2D eigenvalue weighted by molar-refractivity contribution is 5.70. The lowest BCUT2D eigenvalue weighted by Crippen LogP contribution is -2.27. The van der Waals surface area contributed by atoms with Crippen LogP contribution in [-0.4, -0.2) is 27.4 Å². The van der Waals surface area contributed by atoms with E-state index in [1.54, 1.807) is 6.07 Å². The summed E-state index contributed by atoms with van der Waals surface area (Å²) in [6.07, 6.45) is 4.50. The number of hydrogen-bond donors (Lipinski definition) is 1. The van der Waals surface area contributed by atoms with Crippen molar-refractivity contribution in [3.8, 4) is 11.3 Å². The second-order valence-corrected chi connectivity index (χ2v) is 11.4. The zero-order chi connectivity index (χ0) is 27.4. The van der Waals surface area contributed by atoms with Crippen molar-refractivity contribution in [3.63, 3.8) is 0 Å². The van der Waals surface area contributed by atoms with Crippen LogP contribution in [0.25, 0.3) is 11.3 Å². The number of carboxylic acid groups (broad SMARTS) is 1. The summed E-state index contributed by atoms with van der Waals surface area (Å²) in [7, 11) is 0.